The van der Waals surface area contributed by atoms with Crippen LogP contribution in [-0.4, -0.2) is 20.9 Å². The lowest BCUT2D eigenvalue weighted by Gasteiger charge is -2.09. The summed E-state index contributed by atoms with van der Waals surface area (Å²) in [5.41, 5.74) is 3.40. The van der Waals surface area contributed by atoms with Crippen molar-refractivity contribution in [1.29, 1.82) is 0 Å². The van der Waals surface area contributed by atoms with Crippen molar-refractivity contribution in [3.05, 3.63) is 45.7 Å². The molecule has 1 N–H and O–H groups in total. The monoisotopic (exact) mass is 264 g/mol. The van der Waals surface area contributed by atoms with Gasteiger partial charge in [0.25, 0.3) is 0 Å². The van der Waals surface area contributed by atoms with Crippen LogP contribution in [-0.2, 0) is 0 Å². The minimum atomic E-state index is -1.05. The lowest BCUT2D eigenvalue weighted by Crippen LogP contribution is -2.08. The van der Waals surface area contributed by atoms with Gasteiger partial charge in [-0.2, -0.15) is 5.10 Å². The zero-order valence-corrected chi connectivity index (χ0v) is 11.1. The normalized spacial score (nSPS) is 10.7. The van der Waals surface area contributed by atoms with Crippen LogP contribution in [0.3, 0.4) is 0 Å². The Morgan fingerprint density at radius 2 is 2.00 bits per heavy atom. The number of halogens is 1. The van der Waals surface area contributed by atoms with Crippen molar-refractivity contribution in [1.82, 2.24) is 9.78 Å². The summed E-state index contributed by atoms with van der Waals surface area (Å²) < 4.78 is 1.62. The maximum Gasteiger partial charge on any atom is 0.339 e. The molecule has 0 bridgehead atoms. The van der Waals surface area contributed by atoms with Gasteiger partial charge in [0, 0.05) is 5.69 Å². The van der Waals surface area contributed by atoms with Crippen LogP contribution in [0.1, 0.15) is 27.3 Å². The summed E-state index contributed by atoms with van der Waals surface area (Å²) in [6.45, 7) is 5.75. The minimum Gasteiger partial charge on any atom is -0.478 e. The van der Waals surface area contributed by atoms with E-state index in [1.165, 1.54) is 0 Å². The third kappa shape index (κ3) is 1.88. The summed E-state index contributed by atoms with van der Waals surface area (Å²) in [4.78, 5) is 11.3. The Kier molecular flexibility index (Phi) is 3.13. The van der Waals surface area contributed by atoms with Crippen molar-refractivity contribution in [2.45, 2.75) is 20.8 Å². The Morgan fingerprint density at radius 3 is 2.50 bits per heavy atom. The molecule has 1 aromatic heterocycles. The van der Waals surface area contributed by atoms with Gasteiger partial charge >= 0.3 is 5.97 Å². The lowest BCUT2D eigenvalue weighted by atomic mass is 10.1. The number of nitrogens with zero attached hydrogens (tertiary/aromatic N) is 2. The molecule has 94 valence electrons. The smallest absolute Gasteiger partial charge is 0.339 e. The predicted octanol–water partition coefficient (Wildman–Crippen LogP) is 3.15. The van der Waals surface area contributed by atoms with Crippen molar-refractivity contribution in [3.63, 3.8) is 0 Å². The van der Waals surface area contributed by atoms with Crippen molar-refractivity contribution < 1.29 is 9.90 Å². The first-order valence-corrected chi connectivity index (χ1v) is 5.86. The molecule has 0 aliphatic rings. The van der Waals surface area contributed by atoms with E-state index in [1.54, 1.807) is 22.9 Å². The number of carboxylic acids is 1. The zero-order valence-electron chi connectivity index (χ0n) is 10.4. The molecule has 0 unspecified atom stereocenters. The fourth-order valence-corrected chi connectivity index (χ4v) is 2.11. The van der Waals surface area contributed by atoms with Crippen molar-refractivity contribution in [2.24, 2.45) is 0 Å². The minimum absolute atomic E-state index is 0.0739. The molecule has 0 atom stereocenters. The van der Waals surface area contributed by atoms with Crippen LogP contribution in [0.2, 0.25) is 5.02 Å². The number of carbonyl (C=O) groups is 1. The molecule has 18 heavy (non-hydrogen) atoms. The molecular formula is C13H13ClN2O2. The first-order valence-electron chi connectivity index (χ1n) is 5.48. The third-order valence-electron chi connectivity index (χ3n) is 3.09. The summed E-state index contributed by atoms with van der Waals surface area (Å²) >= 11 is 5.95. The highest BCUT2D eigenvalue weighted by molar-refractivity contribution is 6.34. The Morgan fingerprint density at radius 1 is 1.33 bits per heavy atom. The second-order valence-electron chi connectivity index (χ2n) is 4.15. The number of aromatic carboxylic acids is 1. The molecule has 2 aromatic rings. The van der Waals surface area contributed by atoms with E-state index in [-0.39, 0.29) is 10.6 Å². The standard InChI is InChI=1S/C13H13ClN2O2/c1-7-8(2)15-16(9(7)3)11-6-4-5-10(14)12(11)13(17)18/h4-6H,1-3H3,(H,17,18). The average Bonchev–Trinajstić information content (AvgIpc) is 2.56. The highest BCUT2D eigenvalue weighted by Crippen LogP contribution is 2.25. The maximum absolute atomic E-state index is 11.3. The summed E-state index contributed by atoms with van der Waals surface area (Å²) in [6.07, 6.45) is 0. The van der Waals surface area contributed by atoms with E-state index in [9.17, 15) is 9.90 Å². The molecule has 0 aliphatic carbocycles. The molecular weight excluding hydrogens is 252 g/mol. The van der Waals surface area contributed by atoms with Crippen LogP contribution in [0.15, 0.2) is 18.2 Å². The molecule has 0 saturated carbocycles. The van der Waals surface area contributed by atoms with Gasteiger partial charge in [-0.25, -0.2) is 9.48 Å². The first-order chi connectivity index (χ1) is 8.43. The number of carboxylic acid groups (broad SMARTS) is 1. The molecule has 0 amide bonds. The van der Waals surface area contributed by atoms with Crippen molar-refractivity contribution >= 4 is 17.6 Å². The third-order valence-corrected chi connectivity index (χ3v) is 3.40. The molecule has 0 spiro atoms. The average molecular weight is 265 g/mol. The van der Waals surface area contributed by atoms with Crippen LogP contribution in [0, 0.1) is 20.8 Å². The summed E-state index contributed by atoms with van der Waals surface area (Å²) in [5, 5.41) is 13.8. The number of hydrogen-bond donors (Lipinski definition) is 1. The second kappa shape index (κ2) is 4.46. The van der Waals surface area contributed by atoms with E-state index in [0.717, 1.165) is 17.0 Å². The quantitative estimate of drug-likeness (QED) is 0.907. The van der Waals surface area contributed by atoms with Crippen LogP contribution in [0.5, 0.6) is 0 Å². The fourth-order valence-electron chi connectivity index (χ4n) is 1.86. The Bertz CT molecular complexity index is 632. The second-order valence-corrected chi connectivity index (χ2v) is 4.55. The zero-order chi connectivity index (χ0) is 13.4. The van der Waals surface area contributed by atoms with Gasteiger partial charge in [0.2, 0.25) is 0 Å². The van der Waals surface area contributed by atoms with E-state index in [2.05, 4.69) is 5.10 Å². The van der Waals surface area contributed by atoms with E-state index in [4.69, 9.17) is 11.6 Å². The molecule has 4 nitrogen and oxygen atoms in total. The lowest BCUT2D eigenvalue weighted by molar-refractivity contribution is 0.0697. The van der Waals surface area contributed by atoms with Crippen molar-refractivity contribution in [3.8, 4) is 5.69 Å². The van der Waals surface area contributed by atoms with E-state index >= 15 is 0 Å². The molecule has 1 heterocycles. The van der Waals surface area contributed by atoms with Gasteiger partial charge in [-0.1, -0.05) is 17.7 Å². The molecule has 0 saturated heterocycles. The van der Waals surface area contributed by atoms with Crippen molar-refractivity contribution in [2.75, 3.05) is 0 Å². The predicted molar refractivity (Wildman–Crippen MR) is 69.7 cm³/mol. The molecule has 0 aliphatic heterocycles. The van der Waals surface area contributed by atoms with Gasteiger partial charge in [0.1, 0.15) is 5.56 Å². The Balaban J connectivity index is 2.75. The molecule has 2 rings (SSSR count). The maximum atomic E-state index is 11.3. The Hall–Kier alpha value is -1.81. The van der Waals surface area contributed by atoms with Crippen LogP contribution >= 0.6 is 11.6 Å². The fraction of sp³-hybridized carbons (Fsp3) is 0.231. The summed E-state index contributed by atoms with van der Waals surface area (Å²) in [6, 6.07) is 4.98. The highest BCUT2D eigenvalue weighted by atomic mass is 35.5. The number of benzene rings is 1. The highest BCUT2D eigenvalue weighted by Gasteiger charge is 2.18. The number of aryl methyl sites for hydroxylation is 1. The molecule has 0 fully saturated rings. The van der Waals surface area contributed by atoms with Crippen LogP contribution in [0.4, 0.5) is 0 Å². The number of aromatic nitrogens is 2. The molecule has 0 radical (unpaired) electrons. The molecule has 5 heteroatoms. The largest absolute Gasteiger partial charge is 0.478 e. The van der Waals surface area contributed by atoms with Crippen LogP contribution in [0.25, 0.3) is 5.69 Å². The number of rotatable bonds is 2. The van der Waals surface area contributed by atoms with E-state index in [1.807, 2.05) is 20.8 Å². The van der Waals surface area contributed by atoms with Gasteiger partial charge in [-0.15, -0.1) is 0 Å². The van der Waals surface area contributed by atoms with Crippen LogP contribution < -0.4 is 0 Å². The van der Waals surface area contributed by atoms with Gasteiger partial charge in [-0.3, -0.25) is 0 Å². The molecule has 1 aromatic carbocycles. The SMILES string of the molecule is Cc1nn(-c2cccc(Cl)c2C(=O)O)c(C)c1C. The van der Waals surface area contributed by atoms with E-state index < -0.39 is 5.97 Å². The van der Waals surface area contributed by atoms with Gasteiger partial charge < -0.3 is 5.11 Å². The van der Waals surface area contributed by atoms with Gasteiger partial charge in [0.05, 0.1) is 16.4 Å². The van der Waals surface area contributed by atoms with Gasteiger partial charge in [-0.05, 0) is 38.5 Å². The van der Waals surface area contributed by atoms with Gasteiger partial charge in [0.15, 0.2) is 0 Å². The van der Waals surface area contributed by atoms with E-state index in [0.29, 0.717) is 5.69 Å². The Labute approximate surface area is 110 Å². The first kappa shape index (κ1) is 12.6. The summed E-state index contributed by atoms with van der Waals surface area (Å²) in [5.74, 6) is -1.05. The summed E-state index contributed by atoms with van der Waals surface area (Å²) in [7, 11) is 0. The number of hydrogen-bond acceptors (Lipinski definition) is 2. The topological polar surface area (TPSA) is 55.1 Å².